The Labute approximate surface area is 328 Å². The van der Waals surface area contributed by atoms with Gasteiger partial charge in [0, 0.05) is 77.7 Å². The molecule has 10 rings (SSSR count). The topological polar surface area (TPSA) is 33.5 Å². The summed E-state index contributed by atoms with van der Waals surface area (Å²) >= 11 is 0. The van der Waals surface area contributed by atoms with Crippen LogP contribution in [-0.4, -0.2) is 9.55 Å². The van der Waals surface area contributed by atoms with Gasteiger partial charge in [0.05, 0.1) is 5.52 Å². The zero-order valence-electron chi connectivity index (χ0n) is 28.9. The molecule has 1 aliphatic rings. The molecule has 6 heteroatoms. The first-order chi connectivity index (χ1) is 26.3. The van der Waals surface area contributed by atoms with E-state index in [0.717, 1.165) is 72.6 Å². The van der Waals surface area contributed by atoms with Gasteiger partial charge in [0.1, 0.15) is 5.65 Å². The van der Waals surface area contributed by atoms with Gasteiger partial charge in [-0.25, -0.2) is 4.98 Å². The van der Waals surface area contributed by atoms with Crippen LogP contribution in [0.5, 0.6) is 11.5 Å². The van der Waals surface area contributed by atoms with Gasteiger partial charge in [0.15, 0.2) is 0 Å². The average Bonchev–Trinajstić information content (AvgIpc) is 3.78. The van der Waals surface area contributed by atoms with Gasteiger partial charge < -0.3 is 19.1 Å². The predicted molar refractivity (Wildman–Crippen MR) is 215 cm³/mol. The van der Waals surface area contributed by atoms with E-state index in [1.807, 2.05) is 42.6 Å². The maximum Gasteiger partial charge on any atom is 0.143 e. The molecule has 0 aliphatic carbocycles. The normalized spacial score (nSPS) is 12.1. The molecule has 7 aromatic carbocycles. The Morgan fingerprint density at radius 1 is 0.481 bits per heavy atom. The summed E-state index contributed by atoms with van der Waals surface area (Å²) in [5, 5.41) is 2.25. The van der Waals surface area contributed by atoms with E-state index in [1.54, 1.807) is 0 Å². The first-order valence-corrected chi connectivity index (χ1v) is 17.6. The van der Waals surface area contributed by atoms with Crippen LogP contribution >= 0.6 is 0 Å². The second-order valence-electron chi connectivity index (χ2n) is 12.9. The Balaban J connectivity index is 0.00000384. The molecule has 0 radical (unpaired) electrons. The van der Waals surface area contributed by atoms with Crippen LogP contribution in [0.3, 0.4) is 0 Å². The van der Waals surface area contributed by atoms with E-state index in [9.17, 15) is 0 Å². The summed E-state index contributed by atoms with van der Waals surface area (Å²) in [4.78, 5) is 9.23. The van der Waals surface area contributed by atoms with Crippen LogP contribution in [0, 0.1) is 18.8 Å². The molecule has 0 unspecified atom stereocenters. The monoisotopic (exact) mass is 874 g/mol. The molecule has 3 heterocycles. The number of aromatic nitrogens is 2. The van der Waals surface area contributed by atoms with E-state index >= 15 is 0 Å². The van der Waals surface area contributed by atoms with Crippen LogP contribution in [0.1, 0.15) is 0 Å². The van der Waals surface area contributed by atoms with Crippen molar-refractivity contribution in [3.8, 4) is 39.4 Å². The number of benzene rings is 7. The number of anilines is 4. The van der Waals surface area contributed by atoms with E-state index < -0.39 is 0 Å². The van der Waals surface area contributed by atoms with Crippen LogP contribution in [0.2, 0.25) is 0 Å². The quantitative estimate of drug-likeness (QED) is 0.149. The van der Waals surface area contributed by atoms with Crippen molar-refractivity contribution in [2.24, 2.45) is 0 Å². The summed E-state index contributed by atoms with van der Waals surface area (Å²) in [6.45, 7) is 2.16. The Kier molecular flexibility index (Phi) is 8.78. The molecule has 0 N–H and O–H groups in total. The molecule has 0 amide bonds. The Morgan fingerprint density at radius 2 is 1.04 bits per heavy atom. The molecular formula is C48H31N4OPt-3. The van der Waals surface area contributed by atoms with Gasteiger partial charge in [0.25, 0.3) is 0 Å². The number of ether oxygens (including phenoxy) is 1. The molecule has 1 aliphatic heterocycles. The van der Waals surface area contributed by atoms with Crippen molar-refractivity contribution in [1.82, 2.24) is 9.55 Å². The van der Waals surface area contributed by atoms with Gasteiger partial charge >= 0.3 is 0 Å². The van der Waals surface area contributed by atoms with Crippen molar-refractivity contribution in [3.05, 3.63) is 201 Å². The Morgan fingerprint density at radius 3 is 1.74 bits per heavy atom. The first kappa shape index (κ1) is 33.4. The van der Waals surface area contributed by atoms with E-state index in [1.165, 1.54) is 0 Å². The molecule has 9 aromatic rings. The van der Waals surface area contributed by atoms with Crippen molar-refractivity contribution in [2.75, 3.05) is 9.80 Å². The fourth-order valence-electron chi connectivity index (χ4n) is 7.41. The van der Waals surface area contributed by atoms with Crippen molar-refractivity contribution >= 4 is 44.7 Å². The van der Waals surface area contributed by atoms with Gasteiger partial charge in [-0.3, -0.25) is 0 Å². The summed E-state index contributed by atoms with van der Waals surface area (Å²) in [7, 11) is 0. The number of fused-ring (bicyclic) bond motifs is 4. The van der Waals surface area contributed by atoms with E-state index in [0.29, 0.717) is 11.5 Å². The standard InChI is InChI=1S/C48H31N4O.Pt/c1-3-15-34(16-4-1)40-24-13-25-41(35-17-5-2-6-18-35)47(40)51-33-50(45-28-9-10-29-46(45)51)36-19-11-21-38(31-36)53-39-22-12-20-37(32-39)52-44-27-8-7-23-42(44)43-26-14-30-49-48(43)52;/h1-30,33H;/q-3;. The maximum atomic E-state index is 6.50. The summed E-state index contributed by atoms with van der Waals surface area (Å²) in [6, 6.07) is 67.7. The number of rotatable bonds is 7. The third-order valence-electron chi connectivity index (χ3n) is 9.74. The molecule has 0 atom stereocenters. The van der Waals surface area contributed by atoms with Gasteiger partial charge in [-0.2, -0.15) is 12.1 Å². The third kappa shape index (κ3) is 5.84. The summed E-state index contributed by atoms with van der Waals surface area (Å²) < 4.78 is 8.63. The van der Waals surface area contributed by atoms with Gasteiger partial charge in [-0.15, -0.1) is 48.8 Å². The van der Waals surface area contributed by atoms with E-state index in [2.05, 4.69) is 173 Å². The SMILES string of the molecule is [Pt].[c-]1c(Oc2[c-]c(-n3c4ccccc4c4cccnc43)ccc2)cccc1N1[CH-]N(c2c(-c3ccccc3)cccc2-c2ccccc2)c2ccccc21. The maximum absolute atomic E-state index is 6.50. The molecule has 262 valence electrons. The molecule has 0 saturated carbocycles. The van der Waals surface area contributed by atoms with E-state index in [4.69, 9.17) is 9.72 Å². The molecule has 54 heavy (non-hydrogen) atoms. The van der Waals surface area contributed by atoms with Crippen LogP contribution in [0.4, 0.5) is 22.7 Å². The third-order valence-corrected chi connectivity index (χ3v) is 9.74. The van der Waals surface area contributed by atoms with Crippen molar-refractivity contribution in [2.45, 2.75) is 0 Å². The summed E-state index contributed by atoms with van der Waals surface area (Å²) in [6.07, 6.45) is 1.83. The van der Waals surface area contributed by atoms with Gasteiger partial charge in [-0.05, 0) is 41.5 Å². The zero-order chi connectivity index (χ0) is 35.1. The Hall–Kier alpha value is -6.42. The predicted octanol–water partition coefficient (Wildman–Crippen LogP) is 12.3. The van der Waals surface area contributed by atoms with Gasteiger partial charge in [-0.1, -0.05) is 115 Å². The van der Waals surface area contributed by atoms with Crippen LogP contribution < -0.4 is 14.5 Å². The summed E-state index contributed by atoms with van der Waals surface area (Å²) in [5.41, 5.74) is 11.5. The smallest absolute Gasteiger partial charge is 0.143 e. The second kappa shape index (κ2) is 14.2. The van der Waals surface area contributed by atoms with Crippen molar-refractivity contribution in [3.63, 3.8) is 0 Å². The number of hydrogen-bond acceptors (Lipinski definition) is 4. The molecule has 5 nitrogen and oxygen atoms in total. The molecule has 2 aromatic heterocycles. The molecule has 0 saturated heterocycles. The Bertz CT molecular complexity index is 2650. The number of para-hydroxylation sites is 4. The number of pyridine rings is 1. The average molecular weight is 875 g/mol. The van der Waals surface area contributed by atoms with Crippen LogP contribution in [-0.2, 0) is 21.1 Å². The van der Waals surface area contributed by atoms with Crippen molar-refractivity contribution in [1.29, 1.82) is 0 Å². The molecule has 0 spiro atoms. The largest absolute Gasteiger partial charge is 0.509 e. The molecule has 0 fully saturated rings. The minimum atomic E-state index is 0. The van der Waals surface area contributed by atoms with Crippen LogP contribution in [0.25, 0.3) is 49.9 Å². The number of nitrogens with zero attached hydrogens (tertiary/aromatic N) is 4. The first-order valence-electron chi connectivity index (χ1n) is 17.6. The fraction of sp³-hybridized carbons (Fsp3) is 0. The second-order valence-corrected chi connectivity index (χ2v) is 12.9. The van der Waals surface area contributed by atoms with Crippen LogP contribution in [0.15, 0.2) is 182 Å². The molecule has 0 bridgehead atoms. The number of hydrogen-bond donors (Lipinski definition) is 0. The fourth-order valence-corrected chi connectivity index (χ4v) is 7.41. The summed E-state index contributed by atoms with van der Waals surface area (Å²) in [5.74, 6) is 1.18. The van der Waals surface area contributed by atoms with Gasteiger partial charge in [0.2, 0.25) is 0 Å². The van der Waals surface area contributed by atoms with E-state index in [-0.39, 0.29) is 21.1 Å². The minimum Gasteiger partial charge on any atom is -0.509 e. The minimum absolute atomic E-state index is 0. The van der Waals surface area contributed by atoms with Crippen molar-refractivity contribution < 1.29 is 25.8 Å². The zero-order valence-corrected chi connectivity index (χ0v) is 31.2. The molecular weight excluding hydrogens is 844 g/mol.